The third kappa shape index (κ3) is 3.40. The Labute approximate surface area is 178 Å². The number of rotatable bonds is 7. The van der Waals surface area contributed by atoms with Crippen molar-refractivity contribution in [2.24, 2.45) is 0 Å². The SMILES string of the molecule is CCCC(CCC)n1c2cc(C(C)C)ncc2c2ncc(-c3c(C)noc3C)cc21. The molecule has 0 atom stereocenters. The lowest BCUT2D eigenvalue weighted by Gasteiger charge is -2.21. The molecule has 0 N–H and O–H groups in total. The van der Waals surface area contributed by atoms with Gasteiger partial charge in [-0.1, -0.05) is 45.7 Å². The van der Waals surface area contributed by atoms with Crippen molar-refractivity contribution < 1.29 is 4.52 Å². The lowest BCUT2D eigenvalue weighted by molar-refractivity contribution is 0.393. The minimum absolute atomic E-state index is 0.391. The van der Waals surface area contributed by atoms with E-state index in [0.29, 0.717) is 12.0 Å². The maximum absolute atomic E-state index is 5.42. The van der Waals surface area contributed by atoms with Crippen LogP contribution >= 0.6 is 0 Å². The molecule has 0 amide bonds. The molecular formula is C25H32N4O. The number of pyridine rings is 2. The fourth-order valence-electron chi connectivity index (χ4n) is 4.63. The number of aromatic nitrogens is 4. The van der Waals surface area contributed by atoms with Crippen LogP contribution in [0.25, 0.3) is 33.1 Å². The molecule has 0 bridgehead atoms. The molecule has 4 heterocycles. The molecule has 0 unspecified atom stereocenters. The van der Waals surface area contributed by atoms with Gasteiger partial charge in [0.15, 0.2) is 0 Å². The van der Waals surface area contributed by atoms with Crippen molar-refractivity contribution in [2.75, 3.05) is 0 Å². The van der Waals surface area contributed by atoms with Gasteiger partial charge in [-0.3, -0.25) is 9.97 Å². The molecule has 4 aromatic heterocycles. The van der Waals surface area contributed by atoms with Crippen LogP contribution < -0.4 is 0 Å². The highest BCUT2D eigenvalue weighted by Crippen LogP contribution is 2.37. The summed E-state index contributed by atoms with van der Waals surface area (Å²) in [6.45, 7) is 12.9. The van der Waals surface area contributed by atoms with Crippen molar-refractivity contribution >= 4 is 21.9 Å². The van der Waals surface area contributed by atoms with Gasteiger partial charge in [0.1, 0.15) is 5.76 Å². The number of hydrogen-bond donors (Lipinski definition) is 0. The molecule has 5 heteroatoms. The first-order valence-corrected chi connectivity index (χ1v) is 11.2. The van der Waals surface area contributed by atoms with Crippen LogP contribution in [0.2, 0.25) is 0 Å². The Morgan fingerprint density at radius 3 is 2.30 bits per heavy atom. The van der Waals surface area contributed by atoms with Crippen molar-refractivity contribution in [1.82, 2.24) is 19.7 Å². The van der Waals surface area contributed by atoms with Crippen LogP contribution in [0, 0.1) is 13.8 Å². The molecule has 0 aliphatic heterocycles. The summed E-state index contributed by atoms with van der Waals surface area (Å²) in [5.74, 6) is 1.22. The van der Waals surface area contributed by atoms with Crippen LogP contribution in [-0.2, 0) is 0 Å². The maximum atomic E-state index is 5.42. The van der Waals surface area contributed by atoms with E-state index in [2.05, 4.69) is 49.6 Å². The highest BCUT2D eigenvalue weighted by Gasteiger charge is 2.21. The molecule has 0 aliphatic rings. The Morgan fingerprint density at radius 1 is 0.967 bits per heavy atom. The first kappa shape index (κ1) is 20.6. The second-order valence-corrected chi connectivity index (χ2v) is 8.67. The van der Waals surface area contributed by atoms with Gasteiger partial charge in [0.05, 0.1) is 22.2 Å². The van der Waals surface area contributed by atoms with Crippen molar-refractivity contribution in [1.29, 1.82) is 0 Å². The zero-order chi connectivity index (χ0) is 21.4. The lowest BCUT2D eigenvalue weighted by Crippen LogP contribution is -2.09. The first-order valence-electron chi connectivity index (χ1n) is 11.2. The van der Waals surface area contributed by atoms with Gasteiger partial charge in [-0.25, -0.2) is 0 Å². The number of hydrogen-bond acceptors (Lipinski definition) is 4. The largest absolute Gasteiger partial charge is 0.361 e. The lowest BCUT2D eigenvalue weighted by atomic mass is 10.0. The van der Waals surface area contributed by atoms with E-state index >= 15 is 0 Å². The quantitative estimate of drug-likeness (QED) is 0.329. The summed E-state index contributed by atoms with van der Waals surface area (Å²) in [6, 6.07) is 4.99. The summed E-state index contributed by atoms with van der Waals surface area (Å²) in [6.07, 6.45) is 8.59. The van der Waals surface area contributed by atoms with E-state index in [9.17, 15) is 0 Å². The number of aryl methyl sites for hydroxylation is 2. The van der Waals surface area contributed by atoms with E-state index in [0.717, 1.165) is 64.9 Å². The van der Waals surface area contributed by atoms with Gasteiger partial charge in [-0.2, -0.15) is 0 Å². The molecule has 0 aliphatic carbocycles. The van der Waals surface area contributed by atoms with Gasteiger partial charge in [0.2, 0.25) is 0 Å². The zero-order valence-electron chi connectivity index (χ0n) is 19.0. The molecule has 0 aromatic carbocycles. The van der Waals surface area contributed by atoms with Crippen LogP contribution in [0.15, 0.2) is 29.0 Å². The van der Waals surface area contributed by atoms with Gasteiger partial charge in [0, 0.05) is 40.6 Å². The van der Waals surface area contributed by atoms with Gasteiger partial charge >= 0.3 is 0 Å². The van der Waals surface area contributed by atoms with Crippen LogP contribution in [-0.4, -0.2) is 19.7 Å². The smallest absolute Gasteiger partial charge is 0.141 e. The molecule has 0 saturated heterocycles. The van der Waals surface area contributed by atoms with Crippen LogP contribution in [0.1, 0.15) is 82.5 Å². The highest BCUT2D eigenvalue weighted by molar-refractivity contribution is 6.06. The molecule has 0 fully saturated rings. The zero-order valence-corrected chi connectivity index (χ0v) is 19.0. The Kier molecular flexibility index (Phi) is 5.63. The van der Waals surface area contributed by atoms with Crippen molar-refractivity contribution in [3.05, 3.63) is 41.7 Å². The number of nitrogens with zero attached hydrogens (tertiary/aromatic N) is 4. The van der Waals surface area contributed by atoms with E-state index in [-0.39, 0.29) is 0 Å². The second kappa shape index (κ2) is 8.21. The Morgan fingerprint density at radius 2 is 1.70 bits per heavy atom. The van der Waals surface area contributed by atoms with Crippen LogP contribution in [0.5, 0.6) is 0 Å². The van der Waals surface area contributed by atoms with Crippen molar-refractivity contribution in [3.8, 4) is 11.1 Å². The second-order valence-electron chi connectivity index (χ2n) is 8.67. The summed E-state index contributed by atoms with van der Waals surface area (Å²) in [7, 11) is 0. The van der Waals surface area contributed by atoms with Crippen molar-refractivity contribution in [2.45, 2.75) is 79.2 Å². The van der Waals surface area contributed by atoms with E-state index in [1.807, 2.05) is 26.2 Å². The summed E-state index contributed by atoms with van der Waals surface area (Å²) < 4.78 is 7.95. The average molecular weight is 405 g/mol. The molecule has 158 valence electrons. The van der Waals surface area contributed by atoms with E-state index in [1.54, 1.807) is 0 Å². The molecule has 0 radical (unpaired) electrons. The molecule has 4 aromatic rings. The topological polar surface area (TPSA) is 56.7 Å². The maximum Gasteiger partial charge on any atom is 0.141 e. The third-order valence-electron chi connectivity index (χ3n) is 6.07. The monoisotopic (exact) mass is 404 g/mol. The normalized spacial score (nSPS) is 12.1. The van der Waals surface area contributed by atoms with E-state index in [1.165, 1.54) is 11.0 Å². The number of fused-ring (bicyclic) bond motifs is 3. The van der Waals surface area contributed by atoms with Crippen LogP contribution in [0.4, 0.5) is 0 Å². The fraction of sp³-hybridized carbons (Fsp3) is 0.480. The molecule has 0 saturated carbocycles. The summed E-state index contributed by atoms with van der Waals surface area (Å²) in [4.78, 5) is 9.66. The minimum Gasteiger partial charge on any atom is -0.361 e. The molecule has 4 rings (SSSR count). The molecule has 30 heavy (non-hydrogen) atoms. The molecular weight excluding hydrogens is 372 g/mol. The molecule has 0 spiro atoms. The summed E-state index contributed by atoms with van der Waals surface area (Å²) in [5.41, 5.74) is 7.59. The minimum atomic E-state index is 0.391. The van der Waals surface area contributed by atoms with Crippen molar-refractivity contribution in [3.63, 3.8) is 0 Å². The van der Waals surface area contributed by atoms with Gasteiger partial charge < -0.3 is 9.09 Å². The van der Waals surface area contributed by atoms with E-state index < -0.39 is 0 Å². The standard InChI is InChI=1S/C25H32N4O/c1-7-9-19(10-8-2)29-22-12-21(15(3)4)26-14-20(22)25-23(29)11-18(13-27-25)24-16(5)28-30-17(24)6/h11-15,19H,7-10H2,1-6H3. The molecule has 5 nitrogen and oxygen atoms in total. The Balaban J connectivity index is 2.04. The van der Waals surface area contributed by atoms with Gasteiger partial charge in [0.25, 0.3) is 0 Å². The van der Waals surface area contributed by atoms with Crippen LogP contribution in [0.3, 0.4) is 0 Å². The predicted octanol–water partition coefficient (Wildman–Crippen LogP) is 7.12. The average Bonchev–Trinajstić information content (AvgIpc) is 3.23. The predicted molar refractivity (Wildman–Crippen MR) is 123 cm³/mol. The third-order valence-corrected chi connectivity index (χ3v) is 6.07. The highest BCUT2D eigenvalue weighted by atomic mass is 16.5. The Hall–Kier alpha value is -2.69. The summed E-state index contributed by atoms with van der Waals surface area (Å²) >= 11 is 0. The van der Waals surface area contributed by atoms with Gasteiger partial charge in [-0.05, 0) is 44.7 Å². The fourth-order valence-corrected chi connectivity index (χ4v) is 4.63. The van der Waals surface area contributed by atoms with E-state index in [4.69, 9.17) is 14.5 Å². The summed E-state index contributed by atoms with van der Waals surface area (Å²) in [5, 5.41) is 5.28. The first-order chi connectivity index (χ1) is 14.5. The Bertz CT molecular complexity index is 1160. The van der Waals surface area contributed by atoms with Gasteiger partial charge in [-0.15, -0.1) is 0 Å².